The molecule has 2 rings (SSSR count). The Hall–Kier alpha value is -2.15. The quantitative estimate of drug-likeness (QED) is 0.724. The zero-order valence-electron chi connectivity index (χ0n) is 7.44. The molecule has 1 heterocycles. The van der Waals surface area contributed by atoms with Gasteiger partial charge in [-0.2, -0.15) is 5.26 Å². The Balaban J connectivity index is 2.67. The van der Waals surface area contributed by atoms with Crippen LogP contribution in [0.4, 0.5) is 5.82 Å². The predicted molar refractivity (Wildman–Crippen MR) is 53.3 cm³/mol. The molecule has 2 aromatic rings. The van der Waals surface area contributed by atoms with Crippen LogP contribution in [0.25, 0.3) is 10.9 Å². The number of nitriles is 1. The molecule has 0 saturated carbocycles. The van der Waals surface area contributed by atoms with Crippen LogP contribution in [0.3, 0.4) is 0 Å². The summed E-state index contributed by atoms with van der Waals surface area (Å²) in [6.45, 7) is 0. The summed E-state index contributed by atoms with van der Waals surface area (Å²) >= 11 is 0. The fourth-order valence-electron chi connectivity index (χ4n) is 1.30. The molecule has 14 heavy (non-hydrogen) atoms. The Morgan fingerprint density at radius 1 is 1.29 bits per heavy atom. The Morgan fingerprint density at radius 3 is 2.86 bits per heavy atom. The minimum absolute atomic E-state index is 0.190. The second kappa shape index (κ2) is 3.30. The zero-order valence-corrected chi connectivity index (χ0v) is 7.44. The van der Waals surface area contributed by atoms with Gasteiger partial charge in [0.1, 0.15) is 11.6 Å². The summed E-state index contributed by atoms with van der Waals surface area (Å²) in [7, 11) is 0. The Labute approximate surface area is 81.0 Å². The number of hydrogen-bond donors (Lipinski definition) is 1. The van der Waals surface area contributed by atoms with Gasteiger partial charge in [-0.1, -0.05) is 12.1 Å². The highest BCUT2D eigenvalue weighted by Crippen LogP contribution is 2.16. The number of benzene rings is 1. The van der Waals surface area contributed by atoms with Crippen LogP contribution in [-0.4, -0.2) is 9.97 Å². The third-order valence-electron chi connectivity index (χ3n) is 1.92. The average Bonchev–Trinajstić information content (AvgIpc) is 2.18. The molecule has 1 aromatic carbocycles. The summed E-state index contributed by atoms with van der Waals surface area (Å²) in [5, 5.41) is 9.34. The summed E-state index contributed by atoms with van der Waals surface area (Å²) in [5.74, 6) is 0.907. The molecule has 0 aliphatic heterocycles. The van der Waals surface area contributed by atoms with Gasteiger partial charge in [-0.15, -0.1) is 0 Å². The molecule has 0 aliphatic carbocycles. The molecule has 0 fully saturated rings. The molecular weight excluding hydrogens is 176 g/mol. The maximum Gasteiger partial charge on any atom is 0.145 e. The average molecular weight is 184 g/mol. The van der Waals surface area contributed by atoms with E-state index >= 15 is 0 Å². The van der Waals surface area contributed by atoms with E-state index in [-0.39, 0.29) is 6.42 Å². The first-order chi connectivity index (χ1) is 6.81. The Bertz CT molecular complexity index is 513. The van der Waals surface area contributed by atoms with Gasteiger partial charge in [-0.25, -0.2) is 9.97 Å². The van der Waals surface area contributed by atoms with Crippen LogP contribution in [-0.2, 0) is 6.42 Å². The van der Waals surface area contributed by atoms with Gasteiger partial charge in [-0.3, -0.25) is 0 Å². The van der Waals surface area contributed by atoms with Crippen LogP contribution in [0.15, 0.2) is 24.3 Å². The first-order valence-electron chi connectivity index (χ1n) is 4.19. The van der Waals surface area contributed by atoms with Crippen molar-refractivity contribution in [2.24, 2.45) is 0 Å². The van der Waals surface area contributed by atoms with Crippen LogP contribution in [0, 0.1) is 11.3 Å². The minimum Gasteiger partial charge on any atom is -0.383 e. The highest BCUT2D eigenvalue weighted by Gasteiger charge is 2.03. The summed E-state index contributed by atoms with van der Waals surface area (Å²) in [4.78, 5) is 8.25. The molecule has 0 spiro atoms. The number of nitrogens with zero attached hydrogens (tertiary/aromatic N) is 3. The Kier molecular flexibility index (Phi) is 1.99. The molecule has 0 atom stereocenters. The molecule has 0 saturated heterocycles. The fraction of sp³-hybridized carbons (Fsp3) is 0.100. The largest absolute Gasteiger partial charge is 0.383 e. The van der Waals surface area contributed by atoms with E-state index in [4.69, 9.17) is 11.0 Å². The molecule has 0 bridgehead atoms. The monoisotopic (exact) mass is 184 g/mol. The van der Waals surface area contributed by atoms with Gasteiger partial charge in [0.25, 0.3) is 0 Å². The second-order valence-electron chi connectivity index (χ2n) is 2.88. The van der Waals surface area contributed by atoms with E-state index in [1.807, 2.05) is 30.3 Å². The molecule has 0 radical (unpaired) electrons. The first kappa shape index (κ1) is 8.45. The van der Waals surface area contributed by atoms with E-state index in [0.29, 0.717) is 11.6 Å². The van der Waals surface area contributed by atoms with Gasteiger partial charge in [0, 0.05) is 5.39 Å². The third kappa shape index (κ3) is 1.36. The lowest BCUT2D eigenvalue weighted by Crippen LogP contribution is -2.00. The van der Waals surface area contributed by atoms with Crippen LogP contribution >= 0.6 is 0 Å². The van der Waals surface area contributed by atoms with Gasteiger partial charge >= 0.3 is 0 Å². The van der Waals surface area contributed by atoms with Crippen molar-refractivity contribution >= 4 is 16.7 Å². The highest BCUT2D eigenvalue weighted by atomic mass is 14.9. The van der Waals surface area contributed by atoms with Gasteiger partial charge < -0.3 is 5.73 Å². The number of nitrogen functional groups attached to an aromatic ring is 1. The highest BCUT2D eigenvalue weighted by molar-refractivity contribution is 5.87. The molecule has 4 heteroatoms. The van der Waals surface area contributed by atoms with Crippen molar-refractivity contribution in [3.63, 3.8) is 0 Å². The van der Waals surface area contributed by atoms with E-state index in [9.17, 15) is 0 Å². The first-order valence-corrected chi connectivity index (χ1v) is 4.19. The molecule has 2 N–H and O–H groups in total. The van der Waals surface area contributed by atoms with Gasteiger partial charge in [0.2, 0.25) is 0 Å². The van der Waals surface area contributed by atoms with Crippen LogP contribution in [0.5, 0.6) is 0 Å². The molecule has 68 valence electrons. The van der Waals surface area contributed by atoms with Crippen molar-refractivity contribution in [1.82, 2.24) is 9.97 Å². The zero-order chi connectivity index (χ0) is 9.97. The standard InChI is InChI=1S/C10H8N4/c11-6-5-9-13-8-4-2-1-3-7(8)10(12)14-9/h1-4H,5H2,(H2,12,13,14). The third-order valence-corrected chi connectivity index (χ3v) is 1.92. The second-order valence-corrected chi connectivity index (χ2v) is 2.88. The van der Waals surface area contributed by atoms with Crippen LogP contribution in [0.1, 0.15) is 5.82 Å². The maximum absolute atomic E-state index is 8.51. The lowest BCUT2D eigenvalue weighted by atomic mass is 10.2. The maximum atomic E-state index is 8.51. The lowest BCUT2D eigenvalue weighted by Gasteiger charge is -2.01. The van der Waals surface area contributed by atoms with E-state index < -0.39 is 0 Å². The number of aromatic nitrogens is 2. The van der Waals surface area contributed by atoms with Crippen molar-refractivity contribution < 1.29 is 0 Å². The predicted octanol–water partition coefficient (Wildman–Crippen LogP) is 1.28. The summed E-state index contributed by atoms with van der Waals surface area (Å²) in [5.41, 5.74) is 6.51. The van der Waals surface area contributed by atoms with E-state index in [0.717, 1.165) is 10.9 Å². The molecule has 0 amide bonds. The number of hydrogen-bond acceptors (Lipinski definition) is 4. The molecule has 1 aromatic heterocycles. The number of fused-ring (bicyclic) bond motifs is 1. The van der Waals surface area contributed by atoms with Gasteiger partial charge in [0.05, 0.1) is 18.0 Å². The van der Waals surface area contributed by atoms with E-state index in [1.54, 1.807) is 0 Å². The number of rotatable bonds is 1. The molecular formula is C10H8N4. The van der Waals surface area contributed by atoms with Gasteiger partial charge in [0.15, 0.2) is 0 Å². The topological polar surface area (TPSA) is 75.6 Å². The van der Waals surface area contributed by atoms with Crippen molar-refractivity contribution in [1.29, 1.82) is 5.26 Å². The fourth-order valence-corrected chi connectivity index (χ4v) is 1.30. The summed E-state index contributed by atoms with van der Waals surface area (Å²) in [6.07, 6.45) is 0.190. The van der Waals surface area contributed by atoms with Crippen molar-refractivity contribution in [3.05, 3.63) is 30.1 Å². The van der Waals surface area contributed by atoms with Crippen LogP contribution < -0.4 is 5.73 Å². The number of nitrogens with two attached hydrogens (primary N) is 1. The molecule has 0 unspecified atom stereocenters. The number of anilines is 1. The summed E-state index contributed by atoms with van der Waals surface area (Å²) < 4.78 is 0. The summed E-state index contributed by atoms with van der Waals surface area (Å²) in [6, 6.07) is 9.47. The smallest absolute Gasteiger partial charge is 0.145 e. The Morgan fingerprint density at radius 2 is 2.07 bits per heavy atom. The van der Waals surface area contributed by atoms with Crippen LogP contribution in [0.2, 0.25) is 0 Å². The van der Waals surface area contributed by atoms with Gasteiger partial charge in [-0.05, 0) is 12.1 Å². The van der Waals surface area contributed by atoms with Crippen molar-refractivity contribution in [3.8, 4) is 6.07 Å². The molecule has 0 aliphatic rings. The minimum atomic E-state index is 0.190. The normalized spacial score (nSPS) is 9.93. The number of para-hydroxylation sites is 1. The van der Waals surface area contributed by atoms with Crippen molar-refractivity contribution in [2.45, 2.75) is 6.42 Å². The SMILES string of the molecule is N#CCc1nc(N)c2ccccc2n1. The molecule has 4 nitrogen and oxygen atoms in total. The van der Waals surface area contributed by atoms with E-state index in [2.05, 4.69) is 9.97 Å². The van der Waals surface area contributed by atoms with E-state index in [1.165, 1.54) is 0 Å². The van der Waals surface area contributed by atoms with Crippen molar-refractivity contribution in [2.75, 3.05) is 5.73 Å². The lowest BCUT2D eigenvalue weighted by molar-refractivity contribution is 1.03.